The molecule has 0 amide bonds. The molecule has 1 aliphatic rings. The molecule has 0 saturated heterocycles. The number of fused-ring (bicyclic) bond motifs is 1. The number of aromatic nitrogens is 2. The summed E-state index contributed by atoms with van der Waals surface area (Å²) in [5, 5.41) is 8.60. The van der Waals surface area contributed by atoms with Gasteiger partial charge >= 0.3 is 0 Å². The Morgan fingerprint density at radius 1 is 0.958 bits per heavy atom. The molecule has 4 rings (SSSR count). The first-order chi connectivity index (χ1) is 11.7. The molecule has 3 heteroatoms. The second-order valence-electron chi connectivity index (χ2n) is 6.94. The molecule has 0 fully saturated rings. The lowest BCUT2D eigenvalue weighted by molar-refractivity contribution is 0.586. The molecular formula is C21H23N3. The fraction of sp³-hybridized carbons (Fsp3) is 0.286. The van der Waals surface area contributed by atoms with E-state index in [0.717, 1.165) is 25.2 Å². The summed E-state index contributed by atoms with van der Waals surface area (Å²) in [6.07, 6.45) is 1.02. The van der Waals surface area contributed by atoms with Gasteiger partial charge in [-0.25, -0.2) is 4.68 Å². The van der Waals surface area contributed by atoms with Gasteiger partial charge in [0.05, 0.1) is 17.1 Å². The van der Waals surface area contributed by atoms with E-state index in [2.05, 4.69) is 84.5 Å². The van der Waals surface area contributed by atoms with Gasteiger partial charge in [0.25, 0.3) is 0 Å². The number of rotatable bonds is 3. The van der Waals surface area contributed by atoms with E-state index in [1.807, 2.05) is 0 Å². The van der Waals surface area contributed by atoms with Crippen molar-refractivity contribution in [3.63, 3.8) is 0 Å². The smallest absolute Gasteiger partial charge is 0.0776 e. The number of nitrogens with one attached hydrogen (secondary N) is 1. The molecule has 3 nitrogen and oxygen atoms in total. The van der Waals surface area contributed by atoms with Crippen LogP contribution >= 0.6 is 0 Å². The summed E-state index contributed by atoms with van der Waals surface area (Å²) in [7, 11) is 0. The van der Waals surface area contributed by atoms with Gasteiger partial charge in [-0.1, -0.05) is 62.4 Å². The monoisotopic (exact) mass is 317 g/mol. The largest absolute Gasteiger partial charge is 0.312 e. The van der Waals surface area contributed by atoms with Crippen molar-refractivity contribution in [3.05, 3.63) is 83.2 Å². The summed E-state index contributed by atoms with van der Waals surface area (Å²) in [5.41, 5.74) is 6.21. The predicted molar refractivity (Wildman–Crippen MR) is 97.5 cm³/mol. The highest BCUT2D eigenvalue weighted by Gasteiger charge is 2.32. The molecule has 0 aliphatic carbocycles. The Morgan fingerprint density at radius 3 is 2.33 bits per heavy atom. The standard InChI is InChI=1S/C21H23N3/c1-21(2,16-9-5-3-6-10-16)20-18-15-22-14-13-19(18)24(23-20)17-11-7-4-8-12-17/h3-12,22H,13-15H2,1-2H3. The summed E-state index contributed by atoms with van der Waals surface area (Å²) in [6.45, 7) is 6.45. The van der Waals surface area contributed by atoms with E-state index in [1.165, 1.54) is 22.5 Å². The van der Waals surface area contributed by atoms with E-state index in [9.17, 15) is 0 Å². The Kier molecular flexibility index (Phi) is 3.73. The minimum atomic E-state index is -0.121. The molecule has 1 N–H and O–H groups in total. The normalized spacial score (nSPS) is 14.4. The fourth-order valence-electron chi connectivity index (χ4n) is 3.62. The number of para-hydroxylation sites is 1. The maximum Gasteiger partial charge on any atom is 0.0776 e. The lowest BCUT2D eigenvalue weighted by Gasteiger charge is -2.26. The van der Waals surface area contributed by atoms with Crippen LogP contribution in [0.3, 0.4) is 0 Å². The van der Waals surface area contributed by atoms with Crippen molar-refractivity contribution in [2.45, 2.75) is 32.2 Å². The Hall–Kier alpha value is -2.39. The average Bonchev–Trinajstić information content (AvgIpc) is 3.04. The third kappa shape index (κ3) is 2.45. The summed E-state index contributed by atoms with van der Waals surface area (Å²) in [5.74, 6) is 0. The van der Waals surface area contributed by atoms with Gasteiger partial charge < -0.3 is 5.32 Å². The van der Waals surface area contributed by atoms with Gasteiger partial charge in [0.1, 0.15) is 0 Å². The van der Waals surface area contributed by atoms with Crippen molar-refractivity contribution in [1.82, 2.24) is 15.1 Å². The van der Waals surface area contributed by atoms with Crippen molar-refractivity contribution in [1.29, 1.82) is 0 Å². The van der Waals surface area contributed by atoms with Crippen LogP contribution in [0.5, 0.6) is 0 Å². The molecule has 0 atom stereocenters. The number of benzene rings is 2. The Labute approximate surface area is 143 Å². The van der Waals surface area contributed by atoms with Gasteiger partial charge in [-0.3, -0.25) is 0 Å². The molecule has 0 spiro atoms. The minimum Gasteiger partial charge on any atom is -0.312 e. The fourth-order valence-corrected chi connectivity index (χ4v) is 3.62. The van der Waals surface area contributed by atoms with Crippen LogP contribution in [-0.4, -0.2) is 16.3 Å². The lowest BCUT2D eigenvalue weighted by atomic mass is 9.79. The highest BCUT2D eigenvalue weighted by atomic mass is 15.3. The van der Waals surface area contributed by atoms with Gasteiger partial charge in [-0.05, 0) is 17.7 Å². The highest BCUT2D eigenvalue weighted by Crippen LogP contribution is 2.35. The van der Waals surface area contributed by atoms with E-state index in [-0.39, 0.29) is 5.41 Å². The molecule has 2 aromatic carbocycles. The Balaban J connectivity index is 1.89. The van der Waals surface area contributed by atoms with Crippen molar-refractivity contribution in [3.8, 4) is 5.69 Å². The third-order valence-electron chi connectivity index (χ3n) is 5.02. The van der Waals surface area contributed by atoms with Crippen LogP contribution in [0.25, 0.3) is 5.69 Å². The van der Waals surface area contributed by atoms with Crippen LogP contribution in [0, 0.1) is 0 Å². The van der Waals surface area contributed by atoms with Crippen LogP contribution in [0.1, 0.15) is 36.4 Å². The topological polar surface area (TPSA) is 29.9 Å². The summed E-state index contributed by atoms with van der Waals surface area (Å²) in [6, 6.07) is 21.2. The highest BCUT2D eigenvalue weighted by molar-refractivity contribution is 5.45. The van der Waals surface area contributed by atoms with E-state index in [1.54, 1.807) is 0 Å². The summed E-state index contributed by atoms with van der Waals surface area (Å²) >= 11 is 0. The number of hydrogen-bond donors (Lipinski definition) is 1. The zero-order valence-corrected chi connectivity index (χ0v) is 14.3. The van der Waals surface area contributed by atoms with Crippen molar-refractivity contribution >= 4 is 0 Å². The first-order valence-corrected chi connectivity index (χ1v) is 8.61. The SMILES string of the molecule is CC(C)(c1ccccc1)c1nn(-c2ccccc2)c2c1CNCC2. The van der Waals surface area contributed by atoms with Crippen LogP contribution in [0.2, 0.25) is 0 Å². The number of nitrogens with zero attached hydrogens (tertiary/aromatic N) is 2. The molecule has 0 radical (unpaired) electrons. The Bertz CT molecular complexity index is 832. The Morgan fingerprint density at radius 2 is 1.62 bits per heavy atom. The number of hydrogen-bond acceptors (Lipinski definition) is 2. The first-order valence-electron chi connectivity index (χ1n) is 8.61. The van der Waals surface area contributed by atoms with Crippen LogP contribution < -0.4 is 5.32 Å². The van der Waals surface area contributed by atoms with E-state index < -0.39 is 0 Å². The molecule has 0 bridgehead atoms. The molecule has 0 unspecified atom stereocenters. The van der Waals surface area contributed by atoms with Gasteiger partial charge in [0, 0.05) is 30.5 Å². The maximum atomic E-state index is 5.09. The molecule has 122 valence electrons. The molecule has 1 aromatic heterocycles. The van der Waals surface area contributed by atoms with Crippen molar-refractivity contribution in [2.75, 3.05) is 6.54 Å². The van der Waals surface area contributed by atoms with Crippen LogP contribution in [0.15, 0.2) is 60.7 Å². The van der Waals surface area contributed by atoms with Crippen LogP contribution in [-0.2, 0) is 18.4 Å². The van der Waals surface area contributed by atoms with Crippen molar-refractivity contribution < 1.29 is 0 Å². The molecule has 2 heterocycles. The zero-order valence-electron chi connectivity index (χ0n) is 14.3. The van der Waals surface area contributed by atoms with E-state index >= 15 is 0 Å². The molecule has 0 saturated carbocycles. The summed E-state index contributed by atoms with van der Waals surface area (Å²) in [4.78, 5) is 0. The van der Waals surface area contributed by atoms with Gasteiger partial charge in [0.2, 0.25) is 0 Å². The lowest BCUT2D eigenvalue weighted by Crippen LogP contribution is -2.27. The van der Waals surface area contributed by atoms with Crippen LogP contribution in [0.4, 0.5) is 0 Å². The maximum absolute atomic E-state index is 5.09. The molecule has 1 aliphatic heterocycles. The van der Waals surface area contributed by atoms with E-state index in [0.29, 0.717) is 0 Å². The first kappa shape index (κ1) is 15.2. The van der Waals surface area contributed by atoms with Gasteiger partial charge in [0.15, 0.2) is 0 Å². The quantitative estimate of drug-likeness (QED) is 0.795. The van der Waals surface area contributed by atoms with Crippen molar-refractivity contribution in [2.24, 2.45) is 0 Å². The second-order valence-corrected chi connectivity index (χ2v) is 6.94. The average molecular weight is 317 g/mol. The van der Waals surface area contributed by atoms with E-state index in [4.69, 9.17) is 5.10 Å². The zero-order chi connectivity index (χ0) is 16.6. The van der Waals surface area contributed by atoms with Gasteiger partial charge in [-0.2, -0.15) is 5.10 Å². The molecular weight excluding hydrogens is 294 g/mol. The second kappa shape index (κ2) is 5.91. The minimum absolute atomic E-state index is 0.121. The third-order valence-corrected chi connectivity index (χ3v) is 5.02. The molecule has 3 aromatic rings. The molecule has 24 heavy (non-hydrogen) atoms. The summed E-state index contributed by atoms with van der Waals surface area (Å²) < 4.78 is 2.15. The predicted octanol–water partition coefficient (Wildman–Crippen LogP) is 3.84. The van der Waals surface area contributed by atoms with Gasteiger partial charge in [-0.15, -0.1) is 0 Å².